The molecule has 0 bridgehead atoms. The van der Waals surface area contributed by atoms with Gasteiger partial charge in [0.2, 0.25) is 5.43 Å². The lowest BCUT2D eigenvalue weighted by Gasteiger charge is -2.22. The Morgan fingerprint density at radius 2 is 1.95 bits per heavy atom. The molecule has 2 heterocycles. The van der Waals surface area contributed by atoms with Crippen LogP contribution in [0.25, 0.3) is 0 Å². The zero-order chi connectivity index (χ0) is 14.7. The van der Waals surface area contributed by atoms with E-state index in [0.29, 0.717) is 12.5 Å². The fourth-order valence-electron chi connectivity index (χ4n) is 2.83. The third-order valence-corrected chi connectivity index (χ3v) is 4.10. The fraction of sp³-hybridized carbons (Fsp3) is 0.688. The molecule has 1 saturated heterocycles. The molecule has 0 atom stereocenters. The van der Waals surface area contributed by atoms with Gasteiger partial charge in [-0.25, -0.2) is 0 Å². The average Bonchev–Trinajstić information content (AvgIpc) is 2.87. The zero-order valence-electron chi connectivity index (χ0n) is 12.9. The predicted octanol–water partition coefficient (Wildman–Crippen LogP) is 2.50. The Hall–Kier alpha value is -1.29. The van der Waals surface area contributed by atoms with Gasteiger partial charge in [0.25, 0.3) is 0 Å². The van der Waals surface area contributed by atoms with Crippen LogP contribution in [0.4, 0.5) is 0 Å². The van der Waals surface area contributed by atoms with Gasteiger partial charge in [-0.3, -0.25) is 9.69 Å². The van der Waals surface area contributed by atoms with E-state index in [-0.39, 0.29) is 11.2 Å². The maximum absolute atomic E-state index is 11.8. The highest BCUT2D eigenvalue weighted by atomic mass is 16.3. The molecule has 2 rings (SSSR count). The van der Waals surface area contributed by atoms with E-state index in [1.54, 1.807) is 6.07 Å². The van der Waals surface area contributed by atoms with Crippen LogP contribution in [0.15, 0.2) is 10.9 Å². The second-order valence-corrected chi connectivity index (χ2v) is 6.26. The molecule has 1 N–H and O–H groups in total. The van der Waals surface area contributed by atoms with Crippen molar-refractivity contribution in [1.29, 1.82) is 0 Å². The molecular formula is C16H26N2O2. The monoisotopic (exact) mass is 278 g/mol. The molecule has 4 nitrogen and oxygen atoms in total. The van der Waals surface area contributed by atoms with Crippen LogP contribution in [0.3, 0.4) is 0 Å². The van der Waals surface area contributed by atoms with Crippen LogP contribution in [0.2, 0.25) is 0 Å². The molecule has 0 unspecified atom stereocenters. The van der Waals surface area contributed by atoms with Gasteiger partial charge in [0.15, 0.2) is 5.75 Å². The summed E-state index contributed by atoms with van der Waals surface area (Å²) in [5.41, 5.74) is 1.48. The number of likely N-dealkylation sites (tertiary alicyclic amines) is 1. The number of pyridine rings is 1. The lowest BCUT2D eigenvalue weighted by molar-refractivity contribution is 0.306. The van der Waals surface area contributed by atoms with Gasteiger partial charge in [-0.1, -0.05) is 13.8 Å². The second kappa shape index (κ2) is 6.44. The van der Waals surface area contributed by atoms with Gasteiger partial charge in [0, 0.05) is 24.8 Å². The van der Waals surface area contributed by atoms with Crippen LogP contribution in [0.1, 0.15) is 44.5 Å². The molecule has 0 aliphatic carbocycles. The van der Waals surface area contributed by atoms with Gasteiger partial charge >= 0.3 is 0 Å². The van der Waals surface area contributed by atoms with E-state index in [2.05, 4.69) is 23.3 Å². The summed E-state index contributed by atoms with van der Waals surface area (Å²) in [6.07, 6.45) is 3.47. The van der Waals surface area contributed by atoms with Crippen molar-refractivity contribution in [3.63, 3.8) is 0 Å². The molecule has 1 fully saturated rings. The maximum Gasteiger partial charge on any atom is 0.223 e. The topological polar surface area (TPSA) is 45.5 Å². The quantitative estimate of drug-likeness (QED) is 0.900. The highest BCUT2D eigenvalue weighted by molar-refractivity contribution is 5.29. The summed E-state index contributed by atoms with van der Waals surface area (Å²) in [5, 5.41) is 10.2. The smallest absolute Gasteiger partial charge is 0.223 e. The summed E-state index contributed by atoms with van der Waals surface area (Å²) in [6, 6.07) is 1.54. The lowest BCUT2D eigenvalue weighted by Crippen LogP contribution is -2.25. The molecule has 0 spiro atoms. The number of aromatic hydroxyl groups is 1. The van der Waals surface area contributed by atoms with E-state index in [1.165, 1.54) is 12.8 Å². The summed E-state index contributed by atoms with van der Waals surface area (Å²) in [7, 11) is 0. The summed E-state index contributed by atoms with van der Waals surface area (Å²) in [6.45, 7) is 10.0. The Kier molecular flexibility index (Phi) is 4.86. The third-order valence-electron chi connectivity index (χ3n) is 4.10. The molecule has 20 heavy (non-hydrogen) atoms. The molecule has 4 heteroatoms. The van der Waals surface area contributed by atoms with Crippen LogP contribution in [-0.2, 0) is 13.1 Å². The molecule has 0 aromatic carbocycles. The van der Waals surface area contributed by atoms with Gasteiger partial charge in [0.1, 0.15) is 0 Å². The summed E-state index contributed by atoms with van der Waals surface area (Å²) >= 11 is 0. The minimum Gasteiger partial charge on any atom is -0.503 e. The Bertz CT molecular complexity index is 514. The molecule has 1 aromatic heterocycles. The molecule has 1 aromatic rings. The predicted molar refractivity (Wildman–Crippen MR) is 81.1 cm³/mol. The van der Waals surface area contributed by atoms with Crippen LogP contribution in [-0.4, -0.2) is 27.7 Å². The van der Waals surface area contributed by atoms with Gasteiger partial charge in [-0.05, 0) is 45.2 Å². The van der Waals surface area contributed by atoms with Gasteiger partial charge in [-0.2, -0.15) is 0 Å². The largest absolute Gasteiger partial charge is 0.503 e. The minimum atomic E-state index is -0.252. The number of hydrogen-bond acceptors (Lipinski definition) is 3. The zero-order valence-corrected chi connectivity index (χ0v) is 12.9. The van der Waals surface area contributed by atoms with E-state index in [1.807, 2.05) is 6.92 Å². The number of rotatable bonds is 5. The van der Waals surface area contributed by atoms with Crippen molar-refractivity contribution < 1.29 is 5.11 Å². The first kappa shape index (κ1) is 15.1. The van der Waals surface area contributed by atoms with Gasteiger partial charge in [0.05, 0.1) is 5.69 Å². The first-order valence-corrected chi connectivity index (χ1v) is 7.63. The van der Waals surface area contributed by atoms with Crippen molar-refractivity contribution in [2.75, 3.05) is 13.1 Å². The van der Waals surface area contributed by atoms with Gasteiger partial charge < -0.3 is 9.67 Å². The number of aryl methyl sites for hydroxylation is 1. The van der Waals surface area contributed by atoms with Crippen LogP contribution < -0.4 is 5.43 Å². The number of nitrogens with zero attached hydrogens (tertiary/aromatic N) is 2. The molecular weight excluding hydrogens is 252 g/mol. The van der Waals surface area contributed by atoms with Gasteiger partial charge in [-0.15, -0.1) is 0 Å². The van der Waals surface area contributed by atoms with E-state index in [0.717, 1.165) is 37.4 Å². The van der Waals surface area contributed by atoms with Crippen molar-refractivity contribution in [3.8, 4) is 5.75 Å². The highest BCUT2D eigenvalue weighted by Gasteiger charge is 2.18. The SMILES string of the molecule is Cc1cc(=O)c(O)c(CN2CCCC2)n1CCC(C)C. The second-order valence-electron chi connectivity index (χ2n) is 6.26. The highest BCUT2D eigenvalue weighted by Crippen LogP contribution is 2.20. The van der Waals surface area contributed by atoms with Crippen LogP contribution >= 0.6 is 0 Å². The summed E-state index contributed by atoms with van der Waals surface area (Å²) in [5.74, 6) is 0.543. The molecule has 1 aliphatic rings. The fourth-order valence-corrected chi connectivity index (χ4v) is 2.83. The van der Waals surface area contributed by atoms with Crippen LogP contribution in [0.5, 0.6) is 5.75 Å². The normalized spacial score (nSPS) is 16.2. The molecule has 0 amide bonds. The first-order valence-electron chi connectivity index (χ1n) is 7.63. The lowest BCUT2D eigenvalue weighted by atomic mass is 10.1. The maximum atomic E-state index is 11.8. The summed E-state index contributed by atoms with van der Waals surface area (Å²) < 4.78 is 2.12. The van der Waals surface area contributed by atoms with Crippen molar-refractivity contribution in [1.82, 2.24) is 9.47 Å². The Balaban J connectivity index is 2.31. The van der Waals surface area contributed by atoms with E-state index < -0.39 is 0 Å². The standard InChI is InChI=1S/C16H26N2O2/c1-12(2)6-9-18-13(3)10-15(19)16(20)14(18)11-17-7-4-5-8-17/h10,12,20H,4-9,11H2,1-3H3. The third kappa shape index (κ3) is 3.42. The van der Waals surface area contributed by atoms with Crippen molar-refractivity contribution in [2.45, 2.75) is 53.1 Å². The Labute approximate surface area is 121 Å². The molecule has 0 saturated carbocycles. The average molecular weight is 278 g/mol. The Morgan fingerprint density at radius 3 is 2.55 bits per heavy atom. The van der Waals surface area contributed by atoms with E-state index in [9.17, 15) is 9.90 Å². The number of hydrogen-bond donors (Lipinski definition) is 1. The summed E-state index contributed by atoms with van der Waals surface area (Å²) in [4.78, 5) is 14.2. The molecule has 0 radical (unpaired) electrons. The van der Waals surface area contributed by atoms with E-state index in [4.69, 9.17) is 0 Å². The van der Waals surface area contributed by atoms with Crippen molar-refractivity contribution in [3.05, 3.63) is 27.7 Å². The van der Waals surface area contributed by atoms with Crippen molar-refractivity contribution >= 4 is 0 Å². The minimum absolute atomic E-state index is 0.0637. The molecule has 1 aliphatic heterocycles. The van der Waals surface area contributed by atoms with Crippen LogP contribution in [0, 0.1) is 12.8 Å². The number of aromatic nitrogens is 1. The van der Waals surface area contributed by atoms with Crippen molar-refractivity contribution in [2.24, 2.45) is 5.92 Å². The van der Waals surface area contributed by atoms with E-state index >= 15 is 0 Å². The molecule has 112 valence electrons. The first-order chi connectivity index (χ1) is 9.49. The Morgan fingerprint density at radius 1 is 1.30 bits per heavy atom.